The number of halogens is 2. The van der Waals surface area contributed by atoms with Crippen molar-refractivity contribution < 1.29 is 4.39 Å². The van der Waals surface area contributed by atoms with Crippen molar-refractivity contribution in [3.63, 3.8) is 0 Å². The van der Waals surface area contributed by atoms with Crippen molar-refractivity contribution in [3.05, 3.63) is 63.9 Å². The first kappa shape index (κ1) is 16.0. The lowest BCUT2D eigenvalue weighted by Crippen LogP contribution is -2.33. The normalized spacial score (nSPS) is 12.2. The van der Waals surface area contributed by atoms with Gasteiger partial charge in [0.15, 0.2) is 0 Å². The predicted octanol–water partition coefficient (Wildman–Crippen LogP) is 4.42. The summed E-state index contributed by atoms with van der Waals surface area (Å²) in [6.45, 7) is 5.39. The number of nitrogens with two attached hydrogens (primary N) is 1. The van der Waals surface area contributed by atoms with Crippen molar-refractivity contribution >= 4 is 21.6 Å². The quantitative estimate of drug-likeness (QED) is 0.864. The van der Waals surface area contributed by atoms with Crippen molar-refractivity contribution in [2.45, 2.75) is 19.9 Å². The summed E-state index contributed by atoms with van der Waals surface area (Å²) >= 11 is 3.19. The summed E-state index contributed by atoms with van der Waals surface area (Å²) in [5.41, 5.74) is 9.16. The molecule has 0 heterocycles. The van der Waals surface area contributed by atoms with E-state index in [1.165, 1.54) is 5.56 Å². The number of likely N-dealkylation sites (N-methyl/N-ethyl adjacent to an activating group) is 1. The lowest BCUT2D eigenvalue weighted by atomic mass is 10.0. The average Bonchev–Trinajstić information content (AvgIpc) is 2.47. The SMILES string of the molecule is CCN(c1cccc(C)c1)C(CN)c1ccc(Br)c(F)c1. The molecule has 4 heteroatoms. The van der Waals surface area contributed by atoms with Crippen LogP contribution in [0.15, 0.2) is 46.9 Å². The molecule has 1 atom stereocenters. The number of hydrogen-bond donors (Lipinski definition) is 1. The minimum absolute atomic E-state index is 0.0422. The molecule has 0 aliphatic carbocycles. The molecule has 1 unspecified atom stereocenters. The highest BCUT2D eigenvalue weighted by Gasteiger charge is 2.19. The van der Waals surface area contributed by atoms with Crippen LogP contribution in [0.3, 0.4) is 0 Å². The van der Waals surface area contributed by atoms with Gasteiger partial charge in [-0.05, 0) is 65.2 Å². The molecule has 2 aromatic carbocycles. The van der Waals surface area contributed by atoms with Gasteiger partial charge in [-0.3, -0.25) is 0 Å². The maximum absolute atomic E-state index is 13.8. The highest BCUT2D eigenvalue weighted by Crippen LogP contribution is 2.29. The Labute approximate surface area is 133 Å². The van der Waals surface area contributed by atoms with Gasteiger partial charge in [0.05, 0.1) is 10.5 Å². The molecule has 21 heavy (non-hydrogen) atoms. The summed E-state index contributed by atoms with van der Waals surface area (Å²) in [4.78, 5) is 2.20. The fourth-order valence-corrected chi connectivity index (χ4v) is 2.80. The standard InChI is InChI=1S/C17H20BrFN2/c1-3-21(14-6-4-5-12(2)9-14)17(11-20)13-7-8-15(18)16(19)10-13/h4-10,17H,3,11,20H2,1-2H3. The van der Waals surface area contributed by atoms with Crippen molar-refractivity contribution in [2.24, 2.45) is 5.73 Å². The molecular formula is C17H20BrFN2. The van der Waals surface area contributed by atoms with E-state index in [2.05, 4.69) is 52.9 Å². The number of benzene rings is 2. The molecule has 2 rings (SSSR count). The maximum Gasteiger partial charge on any atom is 0.137 e. The summed E-state index contributed by atoms with van der Waals surface area (Å²) in [7, 11) is 0. The van der Waals surface area contributed by atoms with Crippen LogP contribution in [0.5, 0.6) is 0 Å². The number of rotatable bonds is 5. The van der Waals surface area contributed by atoms with E-state index in [4.69, 9.17) is 5.73 Å². The van der Waals surface area contributed by atoms with E-state index >= 15 is 0 Å². The first-order valence-electron chi connectivity index (χ1n) is 7.05. The van der Waals surface area contributed by atoms with E-state index in [1.54, 1.807) is 12.1 Å². The van der Waals surface area contributed by atoms with Crippen LogP contribution in [0.2, 0.25) is 0 Å². The van der Waals surface area contributed by atoms with E-state index < -0.39 is 0 Å². The summed E-state index contributed by atoms with van der Waals surface area (Å²) in [6.07, 6.45) is 0. The summed E-state index contributed by atoms with van der Waals surface area (Å²) in [6, 6.07) is 13.5. The third kappa shape index (κ3) is 3.63. The molecule has 0 fully saturated rings. The number of hydrogen-bond acceptors (Lipinski definition) is 2. The molecule has 0 aromatic heterocycles. The molecule has 0 aliphatic heterocycles. The van der Waals surface area contributed by atoms with E-state index in [1.807, 2.05) is 12.1 Å². The molecule has 0 bridgehead atoms. The summed E-state index contributed by atoms with van der Waals surface area (Å²) in [5, 5.41) is 0. The molecule has 0 spiro atoms. The second-order valence-electron chi connectivity index (χ2n) is 5.05. The molecule has 0 saturated carbocycles. The van der Waals surface area contributed by atoms with E-state index in [9.17, 15) is 4.39 Å². The highest BCUT2D eigenvalue weighted by molar-refractivity contribution is 9.10. The second-order valence-corrected chi connectivity index (χ2v) is 5.90. The van der Waals surface area contributed by atoms with Gasteiger partial charge in [-0.2, -0.15) is 0 Å². The Balaban J connectivity index is 2.39. The number of nitrogens with zero attached hydrogens (tertiary/aromatic N) is 1. The zero-order valence-corrected chi connectivity index (χ0v) is 13.9. The second kappa shape index (κ2) is 7.05. The lowest BCUT2D eigenvalue weighted by molar-refractivity contribution is 0.602. The van der Waals surface area contributed by atoms with Gasteiger partial charge in [0.1, 0.15) is 5.82 Å². The first-order valence-corrected chi connectivity index (χ1v) is 7.84. The predicted molar refractivity (Wildman–Crippen MR) is 90.1 cm³/mol. The molecule has 0 amide bonds. The molecule has 2 aromatic rings. The van der Waals surface area contributed by atoms with Crippen molar-refractivity contribution in [2.75, 3.05) is 18.0 Å². The zero-order chi connectivity index (χ0) is 15.4. The van der Waals surface area contributed by atoms with Crippen molar-refractivity contribution in [1.82, 2.24) is 0 Å². The van der Waals surface area contributed by atoms with Crippen molar-refractivity contribution in [1.29, 1.82) is 0 Å². The Morgan fingerprint density at radius 1 is 1.24 bits per heavy atom. The van der Waals surface area contributed by atoms with Crippen LogP contribution in [-0.2, 0) is 0 Å². The molecule has 2 nitrogen and oxygen atoms in total. The van der Waals surface area contributed by atoms with Gasteiger partial charge >= 0.3 is 0 Å². The molecule has 2 N–H and O–H groups in total. The third-order valence-electron chi connectivity index (χ3n) is 3.60. The Bertz CT molecular complexity index is 615. The highest BCUT2D eigenvalue weighted by atomic mass is 79.9. The monoisotopic (exact) mass is 350 g/mol. The van der Waals surface area contributed by atoms with Gasteiger partial charge in [0, 0.05) is 18.8 Å². The van der Waals surface area contributed by atoms with Crippen LogP contribution in [0, 0.1) is 12.7 Å². The van der Waals surface area contributed by atoms with E-state index in [0.29, 0.717) is 11.0 Å². The maximum atomic E-state index is 13.8. The summed E-state index contributed by atoms with van der Waals surface area (Å²) < 4.78 is 14.3. The Hall–Kier alpha value is -1.39. The average molecular weight is 351 g/mol. The first-order chi connectivity index (χ1) is 10.1. The van der Waals surface area contributed by atoms with Gasteiger partial charge in [0.25, 0.3) is 0 Å². The number of aryl methyl sites for hydroxylation is 1. The smallest absolute Gasteiger partial charge is 0.137 e. The van der Waals surface area contributed by atoms with Crippen LogP contribution in [-0.4, -0.2) is 13.1 Å². The third-order valence-corrected chi connectivity index (χ3v) is 4.25. The van der Waals surface area contributed by atoms with Crippen molar-refractivity contribution in [3.8, 4) is 0 Å². The van der Waals surface area contributed by atoms with Gasteiger partial charge in [0.2, 0.25) is 0 Å². The minimum Gasteiger partial charge on any atom is -0.363 e. The topological polar surface area (TPSA) is 29.3 Å². The van der Waals surface area contributed by atoms with Crippen LogP contribution in [0.1, 0.15) is 24.1 Å². The molecule has 0 radical (unpaired) electrons. The van der Waals surface area contributed by atoms with Crippen LogP contribution in [0.25, 0.3) is 0 Å². The Morgan fingerprint density at radius 3 is 2.57 bits per heavy atom. The molecular weight excluding hydrogens is 331 g/mol. The number of anilines is 1. The van der Waals surface area contributed by atoms with Gasteiger partial charge in [-0.25, -0.2) is 4.39 Å². The van der Waals surface area contributed by atoms with Crippen LogP contribution in [0.4, 0.5) is 10.1 Å². The fraction of sp³-hybridized carbons (Fsp3) is 0.294. The van der Waals surface area contributed by atoms with Crippen LogP contribution < -0.4 is 10.6 Å². The van der Waals surface area contributed by atoms with E-state index in [-0.39, 0.29) is 11.9 Å². The Morgan fingerprint density at radius 2 is 2.00 bits per heavy atom. The molecule has 0 aliphatic rings. The Kier molecular flexibility index (Phi) is 5.37. The molecule has 0 saturated heterocycles. The fourth-order valence-electron chi connectivity index (χ4n) is 2.55. The van der Waals surface area contributed by atoms with E-state index in [0.717, 1.165) is 17.8 Å². The van der Waals surface area contributed by atoms with Gasteiger partial charge in [-0.15, -0.1) is 0 Å². The van der Waals surface area contributed by atoms with Crippen LogP contribution >= 0.6 is 15.9 Å². The van der Waals surface area contributed by atoms with Gasteiger partial charge in [-0.1, -0.05) is 18.2 Å². The lowest BCUT2D eigenvalue weighted by Gasteiger charge is -2.32. The zero-order valence-electron chi connectivity index (χ0n) is 12.3. The summed E-state index contributed by atoms with van der Waals surface area (Å²) in [5.74, 6) is -0.258. The largest absolute Gasteiger partial charge is 0.363 e. The van der Waals surface area contributed by atoms with Gasteiger partial charge < -0.3 is 10.6 Å². The minimum atomic E-state index is -0.258. The molecule has 112 valence electrons.